The number of rotatable bonds is 2. The molecule has 2 saturated heterocycles. The van der Waals surface area contributed by atoms with Gasteiger partial charge in [0.2, 0.25) is 17.7 Å². The molecule has 0 unspecified atom stereocenters. The number of carbonyl (C=O) groups excluding carboxylic acids is 3. The van der Waals surface area contributed by atoms with Crippen LogP contribution in [0.5, 0.6) is 5.88 Å². The molecule has 3 rings (SSSR count). The lowest BCUT2D eigenvalue weighted by Crippen LogP contribution is -2.36. The van der Waals surface area contributed by atoms with Crippen LogP contribution in [0.15, 0.2) is 18.3 Å². The van der Waals surface area contributed by atoms with Crippen molar-refractivity contribution in [2.45, 2.75) is 12.8 Å². The first-order chi connectivity index (χ1) is 10.0. The van der Waals surface area contributed by atoms with Crippen molar-refractivity contribution < 1.29 is 19.1 Å². The summed E-state index contributed by atoms with van der Waals surface area (Å²) in [6.45, 7) is 0.734. The summed E-state index contributed by atoms with van der Waals surface area (Å²) in [4.78, 5) is 41.3. The lowest BCUT2D eigenvalue weighted by Gasteiger charge is -2.20. The van der Waals surface area contributed by atoms with Gasteiger partial charge in [0.25, 0.3) is 5.91 Å². The largest absolute Gasteiger partial charge is 0.481 e. The van der Waals surface area contributed by atoms with Crippen LogP contribution in [0, 0.1) is 5.41 Å². The van der Waals surface area contributed by atoms with Gasteiger partial charge in [-0.1, -0.05) is 0 Å². The van der Waals surface area contributed by atoms with Crippen LogP contribution in [0.2, 0.25) is 0 Å². The Bertz CT molecular complexity index is 630. The van der Waals surface area contributed by atoms with Crippen molar-refractivity contribution in [3.63, 3.8) is 0 Å². The molecule has 1 aromatic heterocycles. The van der Waals surface area contributed by atoms with Gasteiger partial charge in [0.15, 0.2) is 0 Å². The smallest absolute Gasteiger partial charge is 0.254 e. The Morgan fingerprint density at radius 3 is 2.95 bits per heavy atom. The number of amides is 3. The third-order valence-electron chi connectivity index (χ3n) is 4.07. The molecule has 0 radical (unpaired) electrons. The Morgan fingerprint density at radius 1 is 1.48 bits per heavy atom. The Labute approximate surface area is 121 Å². The van der Waals surface area contributed by atoms with Gasteiger partial charge in [-0.3, -0.25) is 19.7 Å². The Morgan fingerprint density at radius 2 is 2.29 bits per heavy atom. The summed E-state index contributed by atoms with van der Waals surface area (Å²) in [7, 11) is 1.48. The average Bonchev–Trinajstić information content (AvgIpc) is 3.03. The molecule has 7 nitrogen and oxygen atoms in total. The quantitative estimate of drug-likeness (QED) is 0.772. The number of imide groups is 1. The predicted molar refractivity (Wildman–Crippen MR) is 71.5 cm³/mol. The van der Waals surface area contributed by atoms with Crippen molar-refractivity contribution >= 4 is 17.7 Å². The summed E-state index contributed by atoms with van der Waals surface area (Å²) in [6, 6.07) is 3.17. The molecule has 1 atom stereocenters. The van der Waals surface area contributed by atoms with Crippen molar-refractivity contribution in [3.8, 4) is 5.88 Å². The predicted octanol–water partition coefficient (Wildman–Crippen LogP) is -0.0310. The fraction of sp³-hybridized carbons (Fsp3) is 0.429. The summed E-state index contributed by atoms with van der Waals surface area (Å²) >= 11 is 0. The van der Waals surface area contributed by atoms with Crippen LogP contribution in [0.3, 0.4) is 0 Å². The fourth-order valence-electron chi connectivity index (χ4n) is 2.90. The highest BCUT2D eigenvalue weighted by Gasteiger charge is 2.51. The lowest BCUT2D eigenvalue weighted by atomic mass is 9.85. The van der Waals surface area contributed by atoms with E-state index in [1.807, 2.05) is 0 Å². The summed E-state index contributed by atoms with van der Waals surface area (Å²) in [5.41, 5.74) is -0.284. The van der Waals surface area contributed by atoms with E-state index in [1.54, 1.807) is 17.0 Å². The maximum Gasteiger partial charge on any atom is 0.254 e. The zero-order valence-corrected chi connectivity index (χ0v) is 11.6. The van der Waals surface area contributed by atoms with Crippen molar-refractivity contribution in [1.82, 2.24) is 15.2 Å². The van der Waals surface area contributed by atoms with Gasteiger partial charge in [0.1, 0.15) is 0 Å². The number of nitrogens with zero attached hydrogens (tertiary/aromatic N) is 2. The maximum atomic E-state index is 12.5. The van der Waals surface area contributed by atoms with Crippen LogP contribution in [-0.4, -0.2) is 47.8 Å². The number of hydrogen-bond donors (Lipinski definition) is 1. The number of pyridine rings is 1. The Kier molecular flexibility index (Phi) is 3.12. The molecule has 21 heavy (non-hydrogen) atoms. The summed E-state index contributed by atoms with van der Waals surface area (Å²) in [6.07, 6.45) is 2.18. The average molecular weight is 289 g/mol. The molecule has 2 aliphatic rings. The highest BCUT2D eigenvalue weighted by molar-refractivity contribution is 6.06. The van der Waals surface area contributed by atoms with Crippen molar-refractivity contribution in [2.75, 3.05) is 20.2 Å². The molecule has 1 spiro atoms. The summed E-state index contributed by atoms with van der Waals surface area (Å²) in [5, 5.41) is 2.32. The van der Waals surface area contributed by atoms with Gasteiger partial charge < -0.3 is 9.64 Å². The fourth-order valence-corrected chi connectivity index (χ4v) is 2.90. The van der Waals surface area contributed by atoms with E-state index in [0.29, 0.717) is 24.4 Å². The molecule has 0 aliphatic carbocycles. The number of methoxy groups -OCH3 is 1. The number of hydrogen-bond acceptors (Lipinski definition) is 5. The van der Waals surface area contributed by atoms with Crippen molar-refractivity contribution in [2.24, 2.45) is 5.41 Å². The van der Waals surface area contributed by atoms with Crippen LogP contribution in [0.25, 0.3) is 0 Å². The molecule has 2 fully saturated rings. The number of aromatic nitrogens is 1. The number of ether oxygens (including phenoxy) is 1. The highest BCUT2D eigenvalue weighted by atomic mass is 16.5. The van der Waals surface area contributed by atoms with Gasteiger partial charge in [-0.15, -0.1) is 0 Å². The van der Waals surface area contributed by atoms with Gasteiger partial charge >= 0.3 is 0 Å². The van der Waals surface area contributed by atoms with Crippen molar-refractivity contribution in [3.05, 3.63) is 23.9 Å². The molecule has 3 heterocycles. The molecular weight excluding hydrogens is 274 g/mol. The molecule has 2 aliphatic heterocycles. The molecule has 1 N–H and O–H groups in total. The first kappa shape index (κ1) is 13.5. The molecule has 0 saturated carbocycles. The Hall–Kier alpha value is -2.44. The Balaban J connectivity index is 1.78. The minimum Gasteiger partial charge on any atom is -0.481 e. The van der Waals surface area contributed by atoms with E-state index in [4.69, 9.17) is 4.74 Å². The molecular formula is C14H15N3O4. The summed E-state index contributed by atoms with van der Waals surface area (Å²) < 4.78 is 5.00. The third-order valence-corrected chi connectivity index (χ3v) is 4.07. The van der Waals surface area contributed by atoms with E-state index in [9.17, 15) is 14.4 Å². The van der Waals surface area contributed by atoms with Gasteiger partial charge in [0, 0.05) is 37.3 Å². The van der Waals surface area contributed by atoms with Crippen LogP contribution in [-0.2, 0) is 9.59 Å². The van der Waals surface area contributed by atoms with E-state index in [-0.39, 0.29) is 30.7 Å². The second-order valence-electron chi connectivity index (χ2n) is 5.40. The molecule has 110 valence electrons. The molecule has 0 aromatic carbocycles. The highest BCUT2D eigenvalue weighted by Crippen LogP contribution is 2.38. The molecule has 7 heteroatoms. The van der Waals surface area contributed by atoms with Crippen LogP contribution in [0.4, 0.5) is 0 Å². The van der Waals surface area contributed by atoms with Crippen LogP contribution < -0.4 is 10.1 Å². The first-order valence-electron chi connectivity index (χ1n) is 6.68. The van der Waals surface area contributed by atoms with E-state index in [0.717, 1.165) is 0 Å². The minimum atomic E-state index is -0.746. The zero-order chi connectivity index (χ0) is 15.0. The maximum absolute atomic E-state index is 12.5. The number of likely N-dealkylation sites (tertiary alicyclic amines) is 1. The lowest BCUT2D eigenvalue weighted by molar-refractivity contribution is -0.128. The molecule has 0 bridgehead atoms. The zero-order valence-electron chi connectivity index (χ0n) is 11.6. The van der Waals surface area contributed by atoms with E-state index >= 15 is 0 Å². The second kappa shape index (κ2) is 4.83. The molecule has 3 amide bonds. The normalized spacial score (nSPS) is 24.5. The third kappa shape index (κ3) is 2.24. The van der Waals surface area contributed by atoms with E-state index < -0.39 is 5.41 Å². The standard InChI is InChI=1S/C14H15N3O4/c1-21-11-6-9(2-4-15-11)12(19)17-5-3-14(8-17)7-10(18)16-13(14)20/h2,4,6H,3,5,7-8H2,1H3,(H,16,18,20)/t14-/m1/s1. The van der Waals surface area contributed by atoms with Crippen LogP contribution in [0.1, 0.15) is 23.2 Å². The van der Waals surface area contributed by atoms with Crippen LogP contribution >= 0.6 is 0 Å². The van der Waals surface area contributed by atoms with Gasteiger partial charge in [0.05, 0.1) is 12.5 Å². The second-order valence-corrected chi connectivity index (χ2v) is 5.40. The van der Waals surface area contributed by atoms with E-state index in [2.05, 4.69) is 10.3 Å². The van der Waals surface area contributed by atoms with Gasteiger partial charge in [-0.2, -0.15) is 0 Å². The van der Waals surface area contributed by atoms with E-state index in [1.165, 1.54) is 13.3 Å². The minimum absolute atomic E-state index is 0.162. The molecule has 1 aromatic rings. The van der Waals surface area contributed by atoms with Crippen molar-refractivity contribution in [1.29, 1.82) is 0 Å². The number of nitrogens with one attached hydrogen (secondary N) is 1. The monoisotopic (exact) mass is 289 g/mol. The topological polar surface area (TPSA) is 88.6 Å². The summed E-state index contributed by atoms with van der Waals surface area (Å²) in [5.74, 6) is -0.349. The SMILES string of the molecule is COc1cc(C(=O)N2CC[C@@]3(CC(=O)NC3=O)C2)ccn1. The van der Waals surface area contributed by atoms with Gasteiger partial charge in [-0.25, -0.2) is 4.98 Å². The van der Waals surface area contributed by atoms with Gasteiger partial charge in [-0.05, 0) is 12.5 Å². The number of carbonyl (C=O) groups is 3. The first-order valence-corrected chi connectivity index (χ1v) is 6.68.